The lowest BCUT2D eigenvalue weighted by atomic mass is 10.1. The molecular weight excluding hydrogens is 202 g/mol. The Kier molecular flexibility index (Phi) is 3.12. The number of hydrogen-bond donors (Lipinski definition) is 0. The first-order valence-electron chi connectivity index (χ1n) is 3.91. The van der Waals surface area contributed by atoms with Gasteiger partial charge >= 0.3 is 0 Å². The first-order valence-corrected chi connectivity index (χ1v) is 3.91. The lowest BCUT2D eigenvalue weighted by Crippen LogP contribution is -2.01. The highest BCUT2D eigenvalue weighted by atomic mass is 16.6. The zero-order valence-electron chi connectivity index (χ0n) is 7.80. The Hall–Kier alpha value is -2.24. The Morgan fingerprint density at radius 2 is 2.00 bits per heavy atom. The van der Waals surface area contributed by atoms with E-state index in [0.717, 1.165) is 0 Å². The molecule has 0 radical (unpaired) electrons. The monoisotopic (exact) mass is 209 g/mol. The molecule has 1 aromatic rings. The predicted molar refractivity (Wildman–Crippen MR) is 50.4 cm³/mol. The van der Waals surface area contributed by atoms with Crippen LogP contribution in [-0.4, -0.2) is 24.6 Å². The maximum Gasteiger partial charge on any atom is 0.294 e. The third-order valence-electron chi connectivity index (χ3n) is 1.86. The van der Waals surface area contributed by atoms with Gasteiger partial charge in [0.2, 0.25) is 0 Å². The molecule has 0 unspecified atom stereocenters. The minimum atomic E-state index is -0.782. The van der Waals surface area contributed by atoms with Crippen LogP contribution in [0.4, 0.5) is 5.69 Å². The zero-order valence-corrected chi connectivity index (χ0v) is 7.80. The Balaban J connectivity index is 3.58. The van der Waals surface area contributed by atoms with E-state index in [0.29, 0.717) is 12.6 Å². The van der Waals surface area contributed by atoms with Crippen LogP contribution in [0, 0.1) is 10.1 Å². The number of nitrogens with zero attached hydrogens (tertiary/aromatic N) is 1. The van der Waals surface area contributed by atoms with Gasteiger partial charge in [-0.3, -0.25) is 19.7 Å². The number of nitro benzene ring substituents is 1. The molecule has 0 aromatic heterocycles. The van der Waals surface area contributed by atoms with Gasteiger partial charge in [0.1, 0.15) is 11.3 Å². The highest BCUT2D eigenvalue weighted by Gasteiger charge is 2.22. The fraction of sp³-hybridized carbons (Fsp3) is 0.111. The molecule has 1 aromatic carbocycles. The molecule has 0 heterocycles. The van der Waals surface area contributed by atoms with Crippen LogP contribution in [0.25, 0.3) is 0 Å². The number of nitro groups is 1. The van der Waals surface area contributed by atoms with Crippen LogP contribution in [-0.2, 0) is 0 Å². The van der Waals surface area contributed by atoms with E-state index < -0.39 is 10.6 Å². The van der Waals surface area contributed by atoms with Crippen molar-refractivity contribution >= 4 is 18.3 Å². The molecule has 0 saturated carbocycles. The SMILES string of the molecule is COc1ccc(C=O)c([N+](=O)[O-])c1C=O. The van der Waals surface area contributed by atoms with Crippen molar-refractivity contribution in [3.8, 4) is 5.75 Å². The Labute approximate surface area is 84.6 Å². The van der Waals surface area contributed by atoms with Gasteiger partial charge in [0, 0.05) is 0 Å². The zero-order chi connectivity index (χ0) is 11.4. The molecule has 0 N–H and O–H groups in total. The largest absolute Gasteiger partial charge is 0.496 e. The van der Waals surface area contributed by atoms with Crippen molar-refractivity contribution in [3.63, 3.8) is 0 Å². The van der Waals surface area contributed by atoms with Crippen molar-refractivity contribution in [2.75, 3.05) is 7.11 Å². The molecule has 6 nitrogen and oxygen atoms in total. The second kappa shape index (κ2) is 4.32. The van der Waals surface area contributed by atoms with Gasteiger partial charge in [-0.25, -0.2) is 0 Å². The van der Waals surface area contributed by atoms with Crippen LogP contribution < -0.4 is 4.74 Å². The molecule has 1 rings (SSSR count). The molecule has 0 spiro atoms. The van der Waals surface area contributed by atoms with Crippen LogP contribution in [0.2, 0.25) is 0 Å². The minimum Gasteiger partial charge on any atom is -0.496 e. The summed E-state index contributed by atoms with van der Waals surface area (Å²) in [4.78, 5) is 31.1. The van der Waals surface area contributed by atoms with Crippen LogP contribution in [0.15, 0.2) is 12.1 Å². The maximum atomic E-state index is 10.7. The average molecular weight is 209 g/mol. The number of carbonyl (C=O) groups excluding carboxylic acids is 2. The van der Waals surface area contributed by atoms with Crippen molar-refractivity contribution in [2.24, 2.45) is 0 Å². The van der Waals surface area contributed by atoms with E-state index in [1.165, 1.54) is 19.2 Å². The molecule has 6 heteroatoms. The maximum absolute atomic E-state index is 10.7. The van der Waals surface area contributed by atoms with Crippen LogP contribution in [0.1, 0.15) is 20.7 Å². The van der Waals surface area contributed by atoms with Crippen LogP contribution in [0.5, 0.6) is 5.75 Å². The van der Waals surface area contributed by atoms with Gasteiger partial charge < -0.3 is 4.74 Å². The molecule has 0 aliphatic carbocycles. The van der Waals surface area contributed by atoms with Gasteiger partial charge in [-0.2, -0.15) is 0 Å². The van der Waals surface area contributed by atoms with Crippen molar-refractivity contribution in [2.45, 2.75) is 0 Å². The highest BCUT2D eigenvalue weighted by Crippen LogP contribution is 2.29. The topological polar surface area (TPSA) is 86.5 Å². The first kappa shape index (κ1) is 10.8. The molecular formula is C9H7NO5. The number of methoxy groups -OCH3 is 1. The second-order valence-corrected chi connectivity index (χ2v) is 2.61. The number of hydrogen-bond acceptors (Lipinski definition) is 5. The molecule has 0 saturated heterocycles. The summed E-state index contributed by atoms with van der Waals surface area (Å²) in [6.45, 7) is 0. The van der Waals surface area contributed by atoms with Gasteiger partial charge in [-0.05, 0) is 12.1 Å². The molecule has 0 fully saturated rings. The van der Waals surface area contributed by atoms with Gasteiger partial charge in [-0.1, -0.05) is 0 Å². The number of benzene rings is 1. The predicted octanol–water partition coefficient (Wildman–Crippen LogP) is 1.23. The molecule has 0 amide bonds. The molecule has 15 heavy (non-hydrogen) atoms. The van der Waals surface area contributed by atoms with Crippen molar-refractivity contribution in [1.29, 1.82) is 0 Å². The second-order valence-electron chi connectivity index (χ2n) is 2.61. The summed E-state index contributed by atoms with van der Waals surface area (Å²) in [5.41, 5.74) is -0.908. The standard InChI is InChI=1S/C9H7NO5/c1-15-8-3-2-6(4-11)9(10(13)14)7(8)5-12/h2-5H,1H3. The van der Waals surface area contributed by atoms with Crippen LogP contribution in [0.3, 0.4) is 0 Å². The summed E-state index contributed by atoms with van der Waals surface area (Å²) in [5, 5.41) is 10.7. The van der Waals surface area contributed by atoms with Gasteiger partial charge in [0.15, 0.2) is 12.6 Å². The fourth-order valence-corrected chi connectivity index (χ4v) is 1.20. The summed E-state index contributed by atoms with van der Waals surface area (Å²) in [7, 11) is 1.28. The first-order chi connectivity index (χ1) is 7.15. The highest BCUT2D eigenvalue weighted by molar-refractivity contribution is 5.93. The van der Waals surface area contributed by atoms with Gasteiger partial charge in [-0.15, -0.1) is 0 Å². The third-order valence-corrected chi connectivity index (χ3v) is 1.86. The lowest BCUT2D eigenvalue weighted by Gasteiger charge is -2.04. The Morgan fingerprint density at radius 1 is 1.33 bits per heavy atom. The van der Waals surface area contributed by atoms with Crippen LogP contribution >= 0.6 is 0 Å². The minimum absolute atomic E-state index is 0.0716. The number of carbonyl (C=O) groups is 2. The molecule has 0 aliphatic heterocycles. The average Bonchev–Trinajstić information content (AvgIpc) is 2.26. The molecule has 0 aliphatic rings. The van der Waals surface area contributed by atoms with Crippen molar-refractivity contribution in [3.05, 3.63) is 33.4 Å². The summed E-state index contributed by atoms with van der Waals surface area (Å²) in [6.07, 6.45) is 0.620. The van der Waals surface area contributed by atoms with E-state index in [1.54, 1.807) is 0 Å². The van der Waals surface area contributed by atoms with E-state index in [2.05, 4.69) is 0 Å². The molecule has 0 bridgehead atoms. The van der Waals surface area contributed by atoms with E-state index >= 15 is 0 Å². The van der Waals surface area contributed by atoms with E-state index in [-0.39, 0.29) is 16.9 Å². The fourth-order valence-electron chi connectivity index (χ4n) is 1.20. The van der Waals surface area contributed by atoms with Crippen molar-refractivity contribution in [1.82, 2.24) is 0 Å². The summed E-state index contributed by atoms with van der Waals surface area (Å²) in [5.74, 6) is 0.0716. The van der Waals surface area contributed by atoms with E-state index in [4.69, 9.17) is 4.74 Å². The number of rotatable bonds is 4. The van der Waals surface area contributed by atoms with Gasteiger partial charge in [0.05, 0.1) is 17.6 Å². The Bertz CT molecular complexity index is 427. The number of aldehydes is 2. The van der Waals surface area contributed by atoms with E-state index in [9.17, 15) is 19.7 Å². The number of ether oxygens (including phenoxy) is 1. The third kappa shape index (κ3) is 1.83. The molecule has 78 valence electrons. The quantitative estimate of drug-likeness (QED) is 0.422. The molecule has 0 atom stereocenters. The van der Waals surface area contributed by atoms with E-state index in [1.807, 2.05) is 0 Å². The summed E-state index contributed by atoms with van der Waals surface area (Å²) < 4.78 is 4.77. The lowest BCUT2D eigenvalue weighted by molar-refractivity contribution is -0.385. The summed E-state index contributed by atoms with van der Waals surface area (Å²) >= 11 is 0. The summed E-state index contributed by atoms with van der Waals surface area (Å²) in [6, 6.07) is 2.57. The Morgan fingerprint density at radius 3 is 2.40 bits per heavy atom. The van der Waals surface area contributed by atoms with Gasteiger partial charge in [0.25, 0.3) is 5.69 Å². The smallest absolute Gasteiger partial charge is 0.294 e. The normalized spacial score (nSPS) is 9.40. The van der Waals surface area contributed by atoms with Crippen molar-refractivity contribution < 1.29 is 19.2 Å².